The molecule has 0 saturated heterocycles. The van der Waals surface area contributed by atoms with Crippen molar-refractivity contribution >= 4 is 21.2 Å². The van der Waals surface area contributed by atoms with Crippen molar-refractivity contribution in [2.24, 2.45) is 5.92 Å². The molecule has 0 bridgehead atoms. The first-order chi connectivity index (χ1) is 13.9. The van der Waals surface area contributed by atoms with Crippen LogP contribution in [-0.4, -0.2) is 4.21 Å². The summed E-state index contributed by atoms with van der Waals surface area (Å²) in [4.78, 5) is 0. The number of allylic oxidation sites excluding steroid dienone is 4. The van der Waals surface area contributed by atoms with Crippen molar-refractivity contribution in [2.75, 3.05) is 0 Å². The zero-order valence-corrected chi connectivity index (χ0v) is 21.0. The fourth-order valence-corrected chi connectivity index (χ4v) is 17.4. The minimum absolute atomic E-state index is 0.0366. The van der Waals surface area contributed by atoms with E-state index >= 15 is 0 Å². The molecule has 0 nitrogen and oxygen atoms in total. The third kappa shape index (κ3) is 4.08. The van der Waals surface area contributed by atoms with Gasteiger partial charge >= 0.3 is 139 Å². The minimum atomic E-state index is -4.35. The van der Waals surface area contributed by atoms with E-state index in [4.69, 9.17) is 17.0 Å². The van der Waals surface area contributed by atoms with Gasteiger partial charge in [-0.05, 0) is 12.3 Å². The second kappa shape index (κ2) is 8.41. The Hall–Kier alpha value is -0.747. The summed E-state index contributed by atoms with van der Waals surface area (Å²) in [5.41, 5.74) is 4.98. The van der Waals surface area contributed by atoms with Crippen LogP contribution in [0.25, 0.3) is 11.1 Å². The first-order valence-corrected chi connectivity index (χ1v) is 21.6. The summed E-state index contributed by atoms with van der Waals surface area (Å²) in [5.74, 6) is 0.972. The Morgan fingerprint density at radius 3 is 1.79 bits per heavy atom. The van der Waals surface area contributed by atoms with Gasteiger partial charge in [-0.3, -0.25) is 0 Å². The van der Waals surface area contributed by atoms with Crippen molar-refractivity contribution in [2.45, 2.75) is 39.9 Å². The van der Waals surface area contributed by atoms with Gasteiger partial charge in [-0.25, -0.2) is 0 Å². The van der Waals surface area contributed by atoms with Crippen molar-refractivity contribution in [1.82, 2.24) is 0 Å². The van der Waals surface area contributed by atoms with Gasteiger partial charge in [-0.15, -0.1) is 0 Å². The summed E-state index contributed by atoms with van der Waals surface area (Å²) < 4.78 is 4.62. The maximum absolute atomic E-state index is 7.22. The van der Waals surface area contributed by atoms with E-state index in [1.807, 2.05) is 12.2 Å². The Morgan fingerprint density at radius 1 is 0.862 bits per heavy atom. The molecule has 5 rings (SSSR count). The summed E-state index contributed by atoms with van der Waals surface area (Å²) in [5, 5.41) is 0. The normalized spacial score (nSPS) is 19.2. The zero-order chi connectivity index (χ0) is 20.5. The molecule has 0 unspecified atom stereocenters. The van der Waals surface area contributed by atoms with Gasteiger partial charge in [-0.2, -0.15) is 0 Å². The van der Waals surface area contributed by atoms with Crippen LogP contribution in [0.15, 0.2) is 72.8 Å². The van der Waals surface area contributed by atoms with Crippen LogP contribution in [0.1, 0.15) is 47.4 Å². The van der Waals surface area contributed by atoms with Crippen LogP contribution in [0.3, 0.4) is 0 Å². The van der Waals surface area contributed by atoms with Gasteiger partial charge in [0.1, 0.15) is 0 Å². The predicted molar refractivity (Wildman–Crippen MR) is 127 cm³/mol. The molecule has 0 spiro atoms. The quantitative estimate of drug-likeness (QED) is 0.394. The third-order valence-electron chi connectivity index (χ3n) is 6.72. The second-order valence-corrected chi connectivity index (χ2v) is 30.0. The molecule has 3 heteroatoms. The second-order valence-electron chi connectivity index (χ2n) is 8.63. The van der Waals surface area contributed by atoms with E-state index in [2.05, 4.69) is 78.2 Å². The molecule has 0 aliphatic heterocycles. The summed E-state index contributed by atoms with van der Waals surface area (Å²) in [6.07, 6.45) is 16.5. The Balaban J connectivity index is 0.000000249. The van der Waals surface area contributed by atoms with Gasteiger partial charge < -0.3 is 0 Å². The molecule has 0 atom stereocenters. The fourth-order valence-electron chi connectivity index (χ4n) is 5.10. The molecule has 3 aliphatic rings. The first kappa shape index (κ1) is 21.5. The van der Waals surface area contributed by atoms with Crippen molar-refractivity contribution in [3.8, 4) is 11.1 Å². The molecule has 0 N–H and O–H groups in total. The standard InChI is InChI=1S/C13H9.C7H13.C5H5.CH2.2ClH.Zr/c1-3-7-12-10(5-1)9-11-6-2-4-8-13(11)12;1-2-7-5-3-4-6-7;1-2-4-5-3-1;;;;/h1-9H;2,7H,3-6H2,1H3;1-5H;1H2;2*1H;/q;;;;;;+2/p-2. The Kier molecular flexibility index (Phi) is 6.23. The van der Waals surface area contributed by atoms with Crippen LogP contribution in [0.2, 0.25) is 3.63 Å². The monoisotopic (exact) mass is 501 g/mol. The molecule has 0 amide bonds. The third-order valence-corrected chi connectivity index (χ3v) is 21.0. The molecule has 1 radical (unpaired) electrons. The summed E-state index contributed by atoms with van der Waals surface area (Å²) in [6.45, 7) is 2.18. The van der Waals surface area contributed by atoms with Crippen molar-refractivity contribution in [3.63, 3.8) is 0 Å². The topological polar surface area (TPSA) is 0 Å². The summed E-state index contributed by atoms with van der Waals surface area (Å²) in [6, 6.07) is 16.9. The van der Waals surface area contributed by atoms with E-state index in [1.165, 1.54) is 47.9 Å². The van der Waals surface area contributed by atoms with Crippen LogP contribution in [0.5, 0.6) is 0 Å². The fraction of sp³-hybridized carbons (Fsp3) is 0.308. The maximum atomic E-state index is 7.22. The van der Waals surface area contributed by atoms with E-state index in [9.17, 15) is 0 Å². The first-order valence-electron chi connectivity index (χ1n) is 10.7. The van der Waals surface area contributed by atoms with E-state index < -0.39 is 15.9 Å². The molecule has 0 aromatic heterocycles. The molecular weight excluding hydrogens is 474 g/mol. The molecule has 1 fully saturated rings. The number of benzene rings is 2. The van der Waals surface area contributed by atoms with Crippen LogP contribution < -0.4 is 0 Å². The Morgan fingerprint density at radius 2 is 1.34 bits per heavy atom. The number of fused-ring (bicyclic) bond motifs is 3. The molecule has 151 valence electrons. The Bertz CT molecular complexity index is 947. The van der Waals surface area contributed by atoms with Gasteiger partial charge in [0.05, 0.1) is 0 Å². The summed E-state index contributed by atoms with van der Waals surface area (Å²) >= 11 is -4.35. The average Bonchev–Trinajstić information content (AvgIpc) is 3.48. The van der Waals surface area contributed by atoms with Gasteiger partial charge in [0.15, 0.2) is 0 Å². The van der Waals surface area contributed by atoms with Crippen LogP contribution in [0, 0.1) is 12.3 Å². The van der Waals surface area contributed by atoms with Gasteiger partial charge in [-0.1, -0.05) is 32.6 Å². The van der Waals surface area contributed by atoms with Crippen LogP contribution in [-0.2, 0) is 15.9 Å². The van der Waals surface area contributed by atoms with Gasteiger partial charge in [0.2, 0.25) is 0 Å². The Labute approximate surface area is 183 Å². The molecule has 2 aromatic carbocycles. The van der Waals surface area contributed by atoms with E-state index in [-0.39, 0.29) is 7.25 Å². The molecule has 1 saturated carbocycles. The van der Waals surface area contributed by atoms with E-state index in [0.29, 0.717) is 0 Å². The number of rotatable bonds is 3. The number of hydrogen-bond donors (Lipinski definition) is 0. The zero-order valence-electron chi connectivity index (χ0n) is 17.0. The number of halogens is 2. The molecule has 0 heterocycles. The molecule has 29 heavy (non-hydrogen) atoms. The van der Waals surface area contributed by atoms with Crippen LogP contribution >= 0.6 is 17.0 Å². The van der Waals surface area contributed by atoms with E-state index in [1.54, 1.807) is 0 Å². The molecule has 2 aromatic rings. The summed E-state index contributed by atoms with van der Waals surface area (Å²) in [7, 11) is 14.4. The number of hydrogen-bond acceptors (Lipinski definition) is 0. The predicted octanol–water partition coefficient (Wildman–Crippen LogP) is 8.50. The SMILES string of the molecule is C[CH]C1CCCC1.[CH2]=[Zr]([Cl])([Cl])([CH]1C=CC=C1)[CH]1c2ccccc2-c2ccccc21. The van der Waals surface area contributed by atoms with Gasteiger partial charge in [0, 0.05) is 0 Å². The molecule has 3 aliphatic carbocycles. The van der Waals surface area contributed by atoms with E-state index in [0.717, 1.165) is 5.92 Å². The van der Waals surface area contributed by atoms with Crippen molar-refractivity contribution < 1.29 is 15.9 Å². The molecular formula is C26H29Cl2Zr. The van der Waals surface area contributed by atoms with Crippen molar-refractivity contribution in [1.29, 1.82) is 0 Å². The van der Waals surface area contributed by atoms with Crippen molar-refractivity contribution in [3.05, 3.63) is 90.4 Å². The van der Waals surface area contributed by atoms with Gasteiger partial charge in [0.25, 0.3) is 0 Å². The van der Waals surface area contributed by atoms with Crippen LogP contribution in [0.4, 0.5) is 0 Å². The average molecular weight is 504 g/mol.